The number of rotatable bonds is 5. The number of fused-ring (bicyclic) bond motifs is 1. The first-order chi connectivity index (χ1) is 13.7. The summed E-state index contributed by atoms with van der Waals surface area (Å²) in [4.78, 5) is 27.6. The SMILES string of the molecule is O=Cc1ccc2n[nH]c(/C=C/c3cnccc3NC(=O)c3ccccc3)c2c1. The number of aromatic amines is 1. The number of amides is 1. The second kappa shape index (κ2) is 7.67. The first kappa shape index (κ1) is 17.4. The van der Waals surface area contributed by atoms with Crippen LogP contribution in [0, 0.1) is 0 Å². The van der Waals surface area contributed by atoms with Gasteiger partial charge in [-0.05, 0) is 48.6 Å². The van der Waals surface area contributed by atoms with Crippen molar-refractivity contribution in [3.8, 4) is 0 Å². The Hall–Kier alpha value is -4.06. The molecule has 0 aliphatic heterocycles. The molecule has 0 saturated heterocycles. The molecule has 2 heterocycles. The Morgan fingerprint density at radius 1 is 1.04 bits per heavy atom. The fourth-order valence-corrected chi connectivity index (χ4v) is 2.86. The van der Waals surface area contributed by atoms with E-state index in [0.29, 0.717) is 16.8 Å². The molecule has 4 rings (SSSR count). The van der Waals surface area contributed by atoms with Crippen LogP contribution >= 0.6 is 0 Å². The summed E-state index contributed by atoms with van der Waals surface area (Å²) in [7, 11) is 0. The van der Waals surface area contributed by atoms with Crippen molar-refractivity contribution >= 4 is 40.9 Å². The van der Waals surface area contributed by atoms with E-state index in [-0.39, 0.29) is 5.91 Å². The molecule has 1 amide bonds. The molecule has 0 unspecified atom stereocenters. The van der Waals surface area contributed by atoms with Gasteiger partial charge in [0, 0.05) is 34.5 Å². The van der Waals surface area contributed by atoms with Crippen molar-refractivity contribution < 1.29 is 9.59 Å². The lowest BCUT2D eigenvalue weighted by atomic mass is 10.1. The largest absolute Gasteiger partial charge is 0.321 e. The number of carbonyl (C=O) groups excluding carboxylic acids is 2. The Balaban J connectivity index is 1.62. The van der Waals surface area contributed by atoms with E-state index < -0.39 is 0 Å². The lowest BCUT2D eigenvalue weighted by Crippen LogP contribution is -2.12. The van der Waals surface area contributed by atoms with Crippen LogP contribution in [0.25, 0.3) is 23.1 Å². The van der Waals surface area contributed by atoms with Crippen LogP contribution in [0.4, 0.5) is 5.69 Å². The number of anilines is 1. The van der Waals surface area contributed by atoms with Crippen molar-refractivity contribution in [1.29, 1.82) is 0 Å². The Bertz CT molecular complexity index is 1180. The fourth-order valence-electron chi connectivity index (χ4n) is 2.86. The Morgan fingerprint density at radius 2 is 1.89 bits per heavy atom. The van der Waals surface area contributed by atoms with E-state index in [1.54, 1.807) is 48.8 Å². The highest BCUT2D eigenvalue weighted by Crippen LogP contribution is 2.22. The number of nitrogens with zero attached hydrogens (tertiary/aromatic N) is 2. The average Bonchev–Trinajstić information content (AvgIpc) is 3.15. The number of aldehydes is 1. The van der Waals surface area contributed by atoms with Crippen molar-refractivity contribution in [3.05, 3.63) is 89.4 Å². The molecule has 2 aromatic carbocycles. The zero-order valence-corrected chi connectivity index (χ0v) is 14.8. The van der Waals surface area contributed by atoms with Crippen molar-refractivity contribution in [2.45, 2.75) is 0 Å². The second-order valence-corrected chi connectivity index (χ2v) is 6.15. The molecule has 0 saturated carbocycles. The highest BCUT2D eigenvalue weighted by molar-refractivity contribution is 6.05. The first-order valence-electron chi connectivity index (χ1n) is 8.66. The number of carbonyl (C=O) groups is 2. The second-order valence-electron chi connectivity index (χ2n) is 6.15. The van der Waals surface area contributed by atoms with Crippen LogP contribution in [0.3, 0.4) is 0 Å². The summed E-state index contributed by atoms with van der Waals surface area (Å²) < 4.78 is 0. The van der Waals surface area contributed by atoms with Gasteiger partial charge in [0.15, 0.2) is 0 Å². The number of pyridine rings is 1. The number of hydrogen-bond acceptors (Lipinski definition) is 4. The van der Waals surface area contributed by atoms with E-state index in [0.717, 1.165) is 28.4 Å². The molecule has 6 nitrogen and oxygen atoms in total. The molecule has 0 bridgehead atoms. The summed E-state index contributed by atoms with van der Waals surface area (Å²) in [6, 6.07) is 16.1. The Morgan fingerprint density at radius 3 is 2.71 bits per heavy atom. The van der Waals surface area contributed by atoms with Crippen LogP contribution in [-0.4, -0.2) is 27.4 Å². The number of benzene rings is 2. The van der Waals surface area contributed by atoms with Crippen LogP contribution in [0.15, 0.2) is 67.0 Å². The van der Waals surface area contributed by atoms with Crippen molar-refractivity contribution in [2.75, 3.05) is 5.32 Å². The summed E-state index contributed by atoms with van der Waals surface area (Å²) in [6.07, 6.45) is 7.79. The molecule has 0 aliphatic carbocycles. The monoisotopic (exact) mass is 368 g/mol. The van der Waals surface area contributed by atoms with E-state index in [2.05, 4.69) is 20.5 Å². The Labute approximate surface area is 160 Å². The molecule has 6 heteroatoms. The molecule has 2 N–H and O–H groups in total. The molecule has 28 heavy (non-hydrogen) atoms. The minimum Gasteiger partial charge on any atom is -0.321 e. The predicted molar refractivity (Wildman–Crippen MR) is 109 cm³/mol. The quantitative estimate of drug-likeness (QED) is 0.517. The molecular formula is C22H16N4O2. The van der Waals surface area contributed by atoms with Gasteiger partial charge in [0.2, 0.25) is 0 Å². The molecule has 136 valence electrons. The van der Waals surface area contributed by atoms with Gasteiger partial charge in [-0.25, -0.2) is 0 Å². The van der Waals surface area contributed by atoms with Gasteiger partial charge in [0.25, 0.3) is 5.91 Å². The summed E-state index contributed by atoms with van der Waals surface area (Å²) in [6.45, 7) is 0. The lowest BCUT2D eigenvalue weighted by Gasteiger charge is -2.08. The third kappa shape index (κ3) is 3.57. The average molecular weight is 368 g/mol. The van der Waals surface area contributed by atoms with E-state index in [4.69, 9.17) is 0 Å². The maximum absolute atomic E-state index is 12.4. The van der Waals surface area contributed by atoms with Crippen LogP contribution in [0.5, 0.6) is 0 Å². The maximum atomic E-state index is 12.4. The predicted octanol–water partition coefficient (Wildman–Crippen LogP) is 4.19. The van der Waals surface area contributed by atoms with E-state index in [1.807, 2.05) is 30.4 Å². The Kier molecular flexibility index (Phi) is 4.76. The number of H-pyrrole nitrogens is 1. The van der Waals surface area contributed by atoms with Gasteiger partial charge in [-0.15, -0.1) is 0 Å². The summed E-state index contributed by atoms with van der Waals surface area (Å²) in [5.74, 6) is -0.191. The summed E-state index contributed by atoms with van der Waals surface area (Å²) in [5, 5.41) is 11.0. The van der Waals surface area contributed by atoms with E-state index in [9.17, 15) is 9.59 Å². The summed E-state index contributed by atoms with van der Waals surface area (Å²) in [5.41, 5.74) is 4.10. The van der Waals surface area contributed by atoms with Crippen LogP contribution in [0.1, 0.15) is 32.0 Å². The maximum Gasteiger partial charge on any atom is 0.255 e. The standard InChI is InChI=1S/C22H16N4O2/c27-14-15-6-8-20-18(12-15)21(26-25-20)9-7-17-13-23-11-10-19(17)24-22(28)16-4-2-1-3-5-16/h1-14H,(H,25,26)(H,23,24,28)/b9-7+. The van der Waals surface area contributed by atoms with Gasteiger partial charge in [-0.1, -0.05) is 18.2 Å². The number of aromatic nitrogens is 3. The minimum absolute atomic E-state index is 0.191. The van der Waals surface area contributed by atoms with Gasteiger partial charge in [0.1, 0.15) is 6.29 Å². The van der Waals surface area contributed by atoms with Gasteiger partial charge < -0.3 is 5.32 Å². The van der Waals surface area contributed by atoms with Crippen molar-refractivity contribution in [1.82, 2.24) is 15.2 Å². The lowest BCUT2D eigenvalue weighted by molar-refractivity contribution is 0.102. The first-order valence-corrected chi connectivity index (χ1v) is 8.66. The van der Waals surface area contributed by atoms with Crippen LogP contribution in [-0.2, 0) is 0 Å². The van der Waals surface area contributed by atoms with Gasteiger partial charge in [0.05, 0.1) is 16.9 Å². The highest BCUT2D eigenvalue weighted by atomic mass is 16.1. The van der Waals surface area contributed by atoms with E-state index in [1.165, 1.54) is 0 Å². The van der Waals surface area contributed by atoms with Crippen LogP contribution < -0.4 is 5.32 Å². The molecule has 0 aliphatic rings. The molecule has 0 radical (unpaired) electrons. The minimum atomic E-state index is -0.191. The topological polar surface area (TPSA) is 87.7 Å². The third-order valence-electron chi connectivity index (χ3n) is 4.31. The molecule has 2 aromatic heterocycles. The smallest absolute Gasteiger partial charge is 0.255 e. The number of hydrogen-bond donors (Lipinski definition) is 2. The number of nitrogens with one attached hydrogen (secondary N) is 2. The van der Waals surface area contributed by atoms with E-state index >= 15 is 0 Å². The highest BCUT2D eigenvalue weighted by Gasteiger charge is 2.08. The molecule has 0 atom stereocenters. The molecule has 4 aromatic rings. The zero-order chi connectivity index (χ0) is 19.3. The fraction of sp³-hybridized carbons (Fsp3) is 0. The van der Waals surface area contributed by atoms with Gasteiger partial charge in [-0.2, -0.15) is 5.10 Å². The molecular weight excluding hydrogens is 352 g/mol. The molecule has 0 spiro atoms. The zero-order valence-electron chi connectivity index (χ0n) is 14.8. The van der Waals surface area contributed by atoms with Gasteiger partial charge in [-0.3, -0.25) is 19.7 Å². The normalized spacial score (nSPS) is 11.0. The van der Waals surface area contributed by atoms with Crippen molar-refractivity contribution in [2.24, 2.45) is 0 Å². The third-order valence-corrected chi connectivity index (χ3v) is 4.31. The van der Waals surface area contributed by atoms with Crippen LogP contribution in [0.2, 0.25) is 0 Å². The molecule has 0 fully saturated rings. The van der Waals surface area contributed by atoms with Gasteiger partial charge >= 0.3 is 0 Å². The summed E-state index contributed by atoms with van der Waals surface area (Å²) >= 11 is 0. The van der Waals surface area contributed by atoms with Crippen molar-refractivity contribution in [3.63, 3.8) is 0 Å².